The van der Waals surface area contributed by atoms with Crippen LogP contribution < -0.4 is 4.74 Å². The SMILES string of the molecule is C#Cc1ccc(C(=O)Oc2ccc([N+](=O)[O-])cc2)cc1. The molecule has 0 radical (unpaired) electrons. The van der Waals surface area contributed by atoms with Crippen LogP contribution in [0.5, 0.6) is 5.75 Å². The van der Waals surface area contributed by atoms with Gasteiger partial charge in [-0.15, -0.1) is 6.42 Å². The molecule has 5 heteroatoms. The van der Waals surface area contributed by atoms with Crippen molar-refractivity contribution in [3.05, 3.63) is 69.8 Å². The van der Waals surface area contributed by atoms with Crippen LogP contribution in [0.1, 0.15) is 15.9 Å². The molecule has 0 aliphatic rings. The molecule has 0 aliphatic carbocycles. The van der Waals surface area contributed by atoms with Gasteiger partial charge in [-0.2, -0.15) is 0 Å². The fraction of sp³-hybridized carbons (Fsp3) is 0. The summed E-state index contributed by atoms with van der Waals surface area (Å²) in [4.78, 5) is 21.8. The summed E-state index contributed by atoms with van der Waals surface area (Å²) in [7, 11) is 0. The van der Waals surface area contributed by atoms with Crippen LogP contribution in [0.25, 0.3) is 0 Å². The van der Waals surface area contributed by atoms with E-state index in [1.807, 2.05) is 0 Å². The van der Waals surface area contributed by atoms with Crippen molar-refractivity contribution in [2.45, 2.75) is 0 Å². The average molecular weight is 267 g/mol. The van der Waals surface area contributed by atoms with Crippen LogP contribution in [0, 0.1) is 22.5 Å². The Morgan fingerprint density at radius 1 is 1.10 bits per heavy atom. The summed E-state index contributed by atoms with van der Waals surface area (Å²) in [5, 5.41) is 10.5. The second-order valence-electron chi connectivity index (χ2n) is 3.86. The molecule has 0 unspecified atom stereocenters. The highest BCUT2D eigenvalue weighted by Crippen LogP contribution is 2.18. The van der Waals surface area contributed by atoms with Crippen LogP contribution in [0.2, 0.25) is 0 Å². The average Bonchev–Trinajstić information content (AvgIpc) is 2.48. The monoisotopic (exact) mass is 267 g/mol. The van der Waals surface area contributed by atoms with Crippen LogP contribution in [0.3, 0.4) is 0 Å². The fourth-order valence-corrected chi connectivity index (χ4v) is 1.50. The number of hydrogen-bond acceptors (Lipinski definition) is 4. The highest BCUT2D eigenvalue weighted by atomic mass is 16.6. The number of esters is 1. The van der Waals surface area contributed by atoms with Gasteiger partial charge in [-0.1, -0.05) is 5.92 Å². The highest BCUT2D eigenvalue weighted by molar-refractivity contribution is 5.91. The van der Waals surface area contributed by atoms with Crippen molar-refractivity contribution in [3.63, 3.8) is 0 Å². The molecule has 0 spiro atoms. The summed E-state index contributed by atoms with van der Waals surface area (Å²) >= 11 is 0. The van der Waals surface area contributed by atoms with Crippen LogP contribution in [0.15, 0.2) is 48.5 Å². The van der Waals surface area contributed by atoms with Crippen molar-refractivity contribution in [2.75, 3.05) is 0 Å². The Kier molecular flexibility index (Phi) is 3.77. The van der Waals surface area contributed by atoms with Crippen LogP contribution in [-0.2, 0) is 0 Å². The summed E-state index contributed by atoms with van der Waals surface area (Å²) in [6, 6.07) is 11.6. The Balaban J connectivity index is 2.10. The third-order valence-electron chi connectivity index (χ3n) is 2.55. The van der Waals surface area contributed by atoms with Gasteiger partial charge in [0.1, 0.15) is 5.75 Å². The van der Waals surface area contributed by atoms with E-state index in [0.717, 1.165) is 0 Å². The van der Waals surface area contributed by atoms with E-state index in [1.165, 1.54) is 24.3 Å². The summed E-state index contributed by atoms with van der Waals surface area (Å²) in [5.74, 6) is 2.13. The summed E-state index contributed by atoms with van der Waals surface area (Å²) in [6.07, 6.45) is 5.22. The molecule has 0 amide bonds. The molecule has 2 rings (SSSR count). The maximum Gasteiger partial charge on any atom is 0.343 e. The van der Waals surface area contributed by atoms with Gasteiger partial charge in [-0.05, 0) is 36.4 Å². The zero-order chi connectivity index (χ0) is 14.5. The zero-order valence-electron chi connectivity index (χ0n) is 10.3. The number of benzene rings is 2. The molecule has 5 nitrogen and oxygen atoms in total. The molecule has 0 fully saturated rings. The van der Waals surface area contributed by atoms with Gasteiger partial charge in [-0.3, -0.25) is 10.1 Å². The van der Waals surface area contributed by atoms with E-state index in [2.05, 4.69) is 5.92 Å². The normalized spacial score (nSPS) is 9.55. The van der Waals surface area contributed by atoms with E-state index in [0.29, 0.717) is 11.1 Å². The smallest absolute Gasteiger partial charge is 0.343 e. The number of non-ortho nitro benzene ring substituents is 1. The van der Waals surface area contributed by atoms with E-state index >= 15 is 0 Å². The second-order valence-corrected chi connectivity index (χ2v) is 3.86. The second kappa shape index (κ2) is 5.67. The molecule has 0 bridgehead atoms. The molecule has 0 aromatic heterocycles. The number of carbonyl (C=O) groups is 1. The number of nitro benzene ring substituents is 1. The summed E-state index contributed by atoms with van der Waals surface area (Å²) < 4.78 is 5.10. The fourth-order valence-electron chi connectivity index (χ4n) is 1.50. The Hall–Kier alpha value is -3.13. The first-order valence-corrected chi connectivity index (χ1v) is 5.63. The van der Waals surface area contributed by atoms with E-state index in [9.17, 15) is 14.9 Å². The van der Waals surface area contributed by atoms with Gasteiger partial charge >= 0.3 is 5.97 Å². The number of hydrogen-bond donors (Lipinski definition) is 0. The third-order valence-corrected chi connectivity index (χ3v) is 2.55. The molecule has 20 heavy (non-hydrogen) atoms. The molecular weight excluding hydrogens is 258 g/mol. The van der Waals surface area contributed by atoms with Gasteiger partial charge < -0.3 is 4.74 Å². The third kappa shape index (κ3) is 3.00. The van der Waals surface area contributed by atoms with E-state index < -0.39 is 10.9 Å². The lowest BCUT2D eigenvalue weighted by Gasteiger charge is -2.04. The lowest BCUT2D eigenvalue weighted by Crippen LogP contribution is -2.08. The number of terminal acetylenes is 1. The Labute approximate surface area is 115 Å². The lowest BCUT2D eigenvalue weighted by molar-refractivity contribution is -0.384. The van der Waals surface area contributed by atoms with Crippen LogP contribution in [0.4, 0.5) is 5.69 Å². The Bertz CT molecular complexity index is 681. The van der Waals surface area contributed by atoms with Gasteiger partial charge in [0, 0.05) is 17.7 Å². The first-order valence-electron chi connectivity index (χ1n) is 5.63. The maximum absolute atomic E-state index is 11.8. The molecule has 0 N–H and O–H groups in total. The topological polar surface area (TPSA) is 69.4 Å². The number of nitrogens with zero attached hydrogens (tertiary/aromatic N) is 1. The van der Waals surface area contributed by atoms with Crippen molar-refractivity contribution >= 4 is 11.7 Å². The Morgan fingerprint density at radius 3 is 2.20 bits per heavy atom. The van der Waals surface area contributed by atoms with Gasteiger partial charge in [0.2, 0.25) is 0 Å². The largest absolute Gasteiger partial charge is 0.423 e. The molecule has 0 atom stereocenters. The minimum atomic E-state index is -0.553. The molecule has 98 valence electrons. The first kappa shape index (κ1) is 13.3. The molecule has 0 heterocycles. The number of nitro groups is 1. The summed E-state index contributed by atoms with van der Waals surface area (Å²) in [6.45, 7) is 0. The predicted octanol–water partition coefficient (Wildman–Crippen LogP) is 2.80. The van der Waals surface area contributed by atoms with Gasteiger partial charge in [0.15, 0.2) is 0 Å². The summed E-state index contributed by atoms with van der Waals surface area (Å²) in [5.41, 5.74) is 0.947. The molecule has 0 saturated carbocycles. The number of carbonyl (C=O) groups excluding carboxylic acids is 1. The standard InChI is InChI=1S/C15H9NO4/c1-2-11-3-5-12(6-4-11)15(17)20-14-9-7-13(8-10-14)16(18)19/h1,3-10H. The zero-order valence-corrected chi connectivity index (χ0v) is 10.3. The minimum Gasteiger partial charge on any atom is -0.423 e. The van der Waals surface area contributed by atoms with Gasteiger partial charge in [0.25, 0.3) is 5.69 Å². The van der Waals surface area contributed by atoms with Crippen molar-refractivity contribution in [3.8, 4) is 18.1 Å². The van der Waals surface area contributed by atoms with Gasteiger partial charge in [0.05, 0.1) is 10.5 Å². The van der Waals surface area contributed by atoms with E-state index in [1.54, 1.807) is 24.3 Å². The predicted molar refractivity (Wildman–Crippen MR) is 72.4 cm³/mol. The first-order chi connectivity index (χ1) is 9.60. The lowest BCUT2D eigenvalue weighted by atomic mass is 10.1. The van der Waals surface area contributed by atoms with Crippen LogP contribution >= 0.6 is 0 Å². The van der Waals surface area contributed by atoms with Crippen molar-refractivity contribution < 1.29 is 14.5 Å². The van der Waals surface area contributed by atoms with E-state index in [-0.39, 0.29) is 11.4 Å². The molecule has 0 aliphatic heterocycles. The molecule has 2 aromatic carbocycles. The Morgan fingerprint density at radius 2 is 1.70 bits per heavy atom. The highest BCUT2D eigenvalue weighted by Gasteiger charge is 2.10. The van der Waals surface area contributed by atoms with E-state index in [4.69, 9.17) is 11.2 Å². The maximum atomic E-state index is 11.8. The molecule has 0 saturated heterocycles. The number of ether oxygens (including phenoxy) is 1. The van der Waals surface area contributed by atoms with Crippen molar-refractivity contribution in [1.29, 1.82) is 0 Å². The van der Waals surface area contributed by atoms with Crippen molar-refractivity contribution in [2.24, 2.45) is 0 Å². The van der Waals surface area contributed by atoms with Crippen molar-refractivity contribution in [1.82, 2.24) is 0 Å². The molecule has 2 aromatic rings. The quantitative estimate of drug-likeness (QED) is 0.282. The molecular formula is C15H9NO4. The van der Waals surface area contributed by atoms with Crippen LogP contribution in [-0.4, -0.2) is 10.9 Å². The number of rotatable bonds is 3. The minimum absolute atomic E-state index is 0.0665. The van der Waals surface area contributed by atoms with Gasteiger partial charge in [-0.25, -0.2) is 4.79 Å².